The van der Waals surface area contributed by atoms with Crippen molar-refractivity contribution >= 4 is 35.1 Å². The van der Waals surface area contributed by atoms with Gasteiger partial charge in [-0.15, -0.1) is 0 Å². The highest BCUT2D eigenvalue weighted by molar-refractivity contribution is 5.96. The SMILES string of the molecule is CN(CC(=O)OC(C)(C)C)C(=O)c1ccc(N=Nc2ccc(COC(=O)Oc3ccc([N+](=O)[O-])cc3)cc2)cc1. The number of hydrogen-bond donors (Lipinski definition) is 0. The van der Waals surface area contributed by atoms with Gasteiger partial charge in [0.15, 0.2) is 0 Å². The average molecular weight is 549 g/mol. The summed E-state index contributed by atoms with van der Waals surface area (Å²) >= 11 is 0. The summed E-state index contributed by atoms with van der Waals surface area (Å²) in [5.41, 5.74) is 1.39. The number of carbonyl (C=O) groups is 3. The maximum atomic E-state index is 12.6. The van der Waals surface area contributed by atoms with Crippen LogP contribution in [0.15, 0.2) is 83.0 Å². The number of esters is 1. The number of rotatable bonds is 9. The van der Waals surface area contributed by atoms with Crippen molar-refractivity contribution in [1.82, 2.24) is 4.90 Å². The monoisotopic (exact) mass is 548 g/mol. The van der Waals surface area contributed by atoms with Crippen molar-refractivity contribution in [3.05, 3.63) is 94.0 Å². The van der Waals surface area contributed by atoms with Crippen LogP contribution in [0.25, 0.3) is 0 Å². The largest absolute Gasteiger partial charge is 0.514 e. The number of azo groups is 1. The number of nitrogens with zero attached hydrogens (tertiary/aromatic N) is 4. The van der Waals surface area contributed by atoms with Crippen LogP contribution in [0.2, 0.25) is 0 Å². The summed E-state index contributed by atoms with van der Waals surface area (Å²) in [5, 5.41) is 19.0. The molecule has 3 aromatic carbocycles. The first-order chi connectivity index (χ1) is 18.9. The van der Waals surface area contributed by atoms with E-state index in [1.165, 1.54) is 36.2 Å². The van der Waals surface area contributed by atoms with Gasteiger partial charge < -0.3 is 19.1 Å². The summed E-state index contributed by atoms with van der Waals surface area (Å²) in [6, 6.07) is 18.3. The third-order valence-corrected chi connectivity index (χ3v) is 5.07. The van der Waals surface area contributed by atoms with Crippen molar-refractivity contribution in [2.75, 3.05) is 13.6 Å². The summed E-state index contributed by atoms with van der Waals surface area (Å²) in [6.07, 6.45) is -0.949. The Morgan fingerprint density at radius 1 is 0.875 bits per heavy atom. The molecule has 0 fully saturated rings. The molecular formula is C28H28N4O8. The summed E-state index contributed by atoms with van der Waals surface area (Å²) in [5.74, 6) is -0.700. The highest BCUT2D eigenvalue weighted by Crippen LogP contribution is 2.21. The Hall–Kier alpha value is -5.13. The van der Waals surface area contributed by atoms with Crippen LogP contribution in [0.5, 0.6) is 5.75 Å². The molecule has 0 aliphatic heterocycles. The molecule has 12 heteroatoms. The van der Waals surface area contributed by atoms with E-state index in [0.717, 1.165) is 0 Å². The molecule has 0 unspecified atom stereocenters. The summed E-state index contributed by atoms with van der Waals surface area (Å²) < 4.78 is 15.3. The van der Waals surface area contributed by atoms with Crippen LogP contribution in [0, 0.1) is 10.1 Å². The molecule has 0 N–H and O–H groups in total. The van der Waals surface area contributed by atoms with E-state index >= 15 is 0 Å². The van der Waals surface area contributed by atoms with Crippen molar-refractivity contribution in [3.63, 3.8) is 0 Å². The lowest BCUT2D eigenvalue weighted by Crippen LogP contribution is -2.36. The number of benzene rings is 3. The standard InChI is InChI=1S/C28H28N4O8/c1-28(2,3)40-25(33)17-31(4)26(34)20-7-11-22(12-8-20)30-29-21-9-5-19(6-10-21)18-38-27(35)39-24-15-13-23(14-16-24)32(36)37/h5-16H,17-18H2,1-4H3. The van der Waals surface area contributed by atoms with Crippen LogP contribution in [-0.4, -0.2) is 47.0 Å². The molecule has 0 saturated heterocycles. The number of carbonyl (C=O) groups excluding carboxylic acids is 3. The van der Waals surface area contributed by atoms with Crippen LogP contribution in [0.4, 0.5) is 21.9 Å². The molecule has 208 valence electrons. The summed E-state index contributed by atoms with van der Waals surface area (Å²) in [4.78, 5) is 47.8. The highest BCUT2D eigenvalue weighted by atomic mass is 16.7. The van der Waals surface area contributed by atoms with Gasteiger partial charge in [0.25, 0.3) is 11.6 Å². The molecule has 40 heavy (non-hydrogen) atoms. The minimum Gasteiger partial charge on any atom is -0.459 e. The van der Waals surface area contributed by atoms with E-state index in [1.807, 2.05) is 0 Å². The zero-order valence-electron chi connectivity index (χ0n) is 22.4. The van der Waals surface area contributed by atoms with Gasteiger partial charge in [0.1, 0.15) is 24.5 Å². The van der Waals surface area contributed by atoms with E-state index in [-0.39, 0.29) is 30.5 Å². The van der Waals surface area contributed by atoms with Crippen LogP contribution >= 0.6 is 0 Å². The molecule has 3 aromatic rings. The van der Waals surface area contributed by atoms with Gasteiger partial charge in [-0.25, -0.2) is 4.79 Å². The topological polar surface area (TPSA) is 150 Å². The Morgan fingerprint density at radius 3 is 1.95 bits per heavy atom. The first kappa shape index (κ1) is 29.4. The Labute approximate surface area is 230 Å². The number of nitro groups is 1. The lowest BCUT2D eigenvalue weighted by Gasteiger charge is -2.22. The third kappa shape index (κ3) is 9.31. The predicted octanol–water partition coefficient (Wildman–Crippen LogP) is 6.14. The molecule has 3 rings (SSSR count). The molecular weight excluding hydrogens is 520 g/mol. The van der Waals surface area contributed by atoms with Gasteiger partial charge in [0.2, 0.25) is 0 Å². The van der Waals surface area contributed by atoms with Crippen molar-refractivity contribution in [3.8, 4) is 5.75 Å². The number of amides is 1. The number of nitro benzene ring substituents is 1. The molecule has 0 radical (unpaired) electrons. The smallest absolute Gasteiger partial charge is 0.459 e. The Kier molecular flexibility index (Phi) is 9.63. The van der Waals surface area contributed by atoms with E-state index in [4.69, 9.17) is 14.2 Å². The van der Waals surface area contributed by atoms with E-state index in [1.54, 1.807) is 69.3 Å². The van der Waals surface area contributed by atoms with Crippen LogP contribution < -0.4 is 4.74 Å². The van der Waals surface area contributed by atoms with Gasteiger partial charge in [-0.3, -0.25) is 19.7 Å². The fraction of sp³-hybridized carbons (Fsp3) is 0.250. The molecule has 0 bridgehead atoms. The lowest BCUT2D eigenvalue weighted by molar-refractivity contribution is -0.384. The molecule has 0 atom stereocenters. The zero-order valence-corrected chi connectivity index (χ0v) is 22.4. The van der Waals surface area contributed by atoms with Crippen LogP contribution in [-0.2, 0) is 20.9 Å². The van der Waals surface area contributed by atoms with Gasteiger partial charge in [-0.2, -0.15) is 10.2 Å². The maximum absolute atomic E-state index is 12.6. The Morgan fingerprint density at radius 2 is 1.43 bits per heavy atom. The minimum atomic E-state index is -0.949. The van der Waals surface area contributed by atoms with Gasteiger partial charge in [-0.1, -0.05) is 12.1 Å². The van der Waals surface area contributed by atoms with Gasteiger partial charge in [-0.05, 0) is 74.9 Å². The van der Waals surface area contributed by atoms with E-state index in [2.05, 4.69) is 10.2 Å². The average Bonchev–Trinajstić information content (AvgIpc) is 2.90. The quantitative estimate of drug-likeness (QED) is 0.102. The molecule has 0 saturated carbocycles. The van der Waals surface area contributed by atoms with E-state index in [9.17, 15) is 24.5 Å². The van der Waals surface area contributed by atoms with Crippen molar-refractivity contribution < 1.29 is 33.5 Å². The minimum absolute atomic E-state index is 0.0545. The van der Waals surface area contributed by atoms with E-state index < -0.39 is 22.6 Å². The second kappa shape index (κ2) is 13.1. The second-order valence-corrected chi connectivity index (χ2v) is 9.55. The zero-order chi connectivity index (χ0) is 29.3. The van der Waals surface area contributed by atoms with Crippen LogP contribution in [0.3, 0.4) is 0 Å². The molecule has 0 aliphatic rings. The Bertz CT molecular complexity index is 1380. The molecule has 0 aliphatic carbocycles. The lowest BCUT2D eigenvalue weighted by atomic mass is 10.2. The number of likely N-dealkylation sites (N-methyl/N-ethyl adjacent to an activating group) is 1. The fourth-order valence-corrected chi connectivity index (χ4v) is 3.21. The molecule has 1 amide bonds. The molecule has 0 heterocycles. The molecule has 0 spiro atoms. The second-order valence-electron chi connectivity index (χ2n) is 9.55. The van der Waals surface area contributed by atoms with Crippen molar-refractivity contribution in [1.29, 1.82) is 0 Å². The van der Waals surface area contributed by atoms with E-state index in [0.29, 0.717) is 22.5 Å². The highest BCUT2D eigenvalue weighted by Gasteiger charge is 2.20. The fourth-order valence-electron chi connectivity index (χ4n) is 3.21. The first-order valence-corrected chi connectivity index (χ1v) is 12.1. The van der Waals surface area contributed by atoms with Gasteiger partial charge in [0, 0.05) is 24.7 Å². The predicted molar refractivity (Wildman–Crippen MR) is 144 cm³/mol. The van der Waals surface area contributed by atoms with Gasteiger partial charge >= 0.3 is 12.1 Å². The number of non-ortho nitro benzene ring substituents is 1. The van der Waals surface area contributed by atoms with Crippen molar-refractivity contribution in [2.45, 2.75) is 33.0 Å². The Balaban J connectivity index is 1.48. The first-order valence-electron chi connectivity index (χ1n) is 12.1. The summed E-state index contributed by atoms with van der Waals surface area (Å²) in [7, 11) is 1.52. The maximum Gasteiger partial charge on any atom is 0.514 e. The normalized spacial score (nSPS) is 11.1. The summed E-state index contributed by atoms with van der Waals surface area (Å²) in [6.45, 7) is 5.06. The third-order valence-electron chi connectivity index (χ3n) is 5.07. The molecule has 0 aromatic heterocycles. The molecule has 12 nitrogen and oxygen atoms in total. The van der Waals surface area contributed by atoms with Gasteiger partial charge in [0.05, 0.1) is 16.3 Å². The van der Waals surface area contributed by atoms with Crippen molar-refractivity contribution in [2.24, 2.45) is 10.2 Å². The van der Waals surface area contributed by atoms with Crippen LogP contribution in [0.1, 0.15) is 36.7 Å². The number of ether oxygens (including phenoxy) is 3. The number of hydrogen-bond acceptors (Lipinski definition) is 10.